The first-order valence-corrected chi connectivity index (χ1v) is 3.75. The fourth-order valence-corrected chi connectivity index (χ4v) is 1.05. The van der Waals surface area contributed by atoms with Crippen molar-refractivity contribution in [1.29, 1.82) is 0 Å². The molecule has 13 heavy (non-hydrogen) atoms. The van der Waals surface area contributed by atoms with Crippen LogP contribution in [0.15, 0.2) is 30.7 Å². The van der Waals surface area contributed by atoms with Gasteiger partial charge in [-0.3, -0.25) is 4.79 Å². The fourth-order valence-electron chi connectivity index (χ4n) is 1.05. The molecule has 66 valence electrons. The number of aromatic amines is 1. The standard InChI is InChI=1S/C8H8N4O/c9-8(13)6-4-11-12(5-6)7-2-1-3-10-7/h1-5,10H,(H2,9,13). The quantitative estimate of drug-likeness (QED) is 0.690. The molecule has 2 rings (SSSR count). The molecule has 5 nitrogen and oxygen atoms in total. The number of nitrogens with two attached hydrogens (primary N) is 1. The SMILES string of the molecule is NC(=O)c1cnn(-c2ccc[nH]2)c1. The summed E-state index contributed by atoms with van der Waals surface area (Å²) in [6.07, 6.45) is 4.79. The first-order valence-electron chi connectivity index (χ1n) is 3.75. The number of primary amides is 1. The Hall–Kier alpha value is -2.04. The van der Waals surface area contributed by atoms with Crippen LogP contribution in [0.3, 0.4) is 0 Å². The Kier molecular flexibility index (Phi) is 1.63. The average molecular weight is 176 g/mol. The Morgan fingerprint density at radius 2 is 2.46 bits per heavy atom. The molecule has 0 aliphatic rings. The predicted molar refractivity (Wildman–Crippen MR) is 46.4 cm³/mol. The van der Waals surface area contributed by atoms with Gasteiger partial charge in [0.15, 0.2) is 0 Å². The zero-order chi connectivity index (χ0) is 9.26. The Morgan fingerprint density at radius 3 is 3.00 bits per heavy atom. The Bertz CT molecular complexity index is 415. The van der Waals surface area contributed by atoms with Gasteiger partial charge >= 0.3 is 0 Å². The Labute approximate surface area is 74.2 Å². The molecule has 0 bridgehead atoms. The summed E-state index contributed by atoms with van der Waals surface area (Å²) in [4.78, 5) is 13.7. The molecule has 2 aromatic heterocycles. The molecular weight excluding hydrogens is 168 g/mol. The van der Waals surface area contributed by atoms with Crippen molar-refractivity contribution in [2.45, 2.75) is 0 Å². The smallest absolute Gasteiger partial charge is 0.251 e. The van der Waals surface area contributed by atoms with Gasteiger partial charge in [-0.1, -0.05) is 0 Å². The lowest BCUT2D eigenvalue weighted by Crippen LogP contribution is -2.09. The number of H-pyrrole nitrogens is 1. The van der Waals surface area contributed by atoms with Crippen LogP contribution >= 0.6 is 0 Å². The van der Waals surface area contributed by atoms with Crippen LogP contribution in [0.2, 0.25) is 0 Å². The van der Waals surface area contributed by atoms with Gasteiger partial charge in [-0.2, -0.15) is 5.10 Å². The number of aromatic nitrogens is 3. The molecule has 3 N–H and O–H groups in total. The molecule has 0 radical (unpaired) electrons. The van der Waals surface area contributed by atoms with E-state index in [1.54, 1.807) is 17.1 Å². The van der Waals surface area contributed by atoms with Crippen LogP contribution in [0.1, 0.15) is 10.4 Å². The third-order valence-electron chi connectivity index (χ3n) is 1.70. The van der Waals surface area contributed by atoms with Crippen LogP contribution < -0.4 is 5.73 Å². The summed E-state index contributed by atoms with van der Waals surface area (Å²) in [5.41, 5.74) is 5.48. The number of nitrogens with one attached hydrogen (secondary N) is 1. The highest BCUT2D eigenvalue weighted by molar-refractivity contribution is 5.92. The van der Waals surface area contributed by atoms with E-state index in [-0.39, 0.29) is 0 Å². The summed E-state index contributed by atoms with van der Waals surface area (Å²) in [7, 11) is 0. The lowest BCUT2D eigenvalue weighted by molar-refractivity contribution is 0.100. The van der Waals surface area contributed by atoms with Gasteiger partial charge in [-0.15, -0.1) is 0 Å². The molecular formula is C8H8N4O. The molecule has 0 aliphatic heterocycles. The highest BCUT2D eigenvalue weighted by Crippen LogP contribution is 2.04. The molecule has 0 aromatic carbocycles. The van der Waals surface area contributed by atoms with Crippen molar-refractivity contribution < 1.29 is 4.79 Å². The number of carbonyl (C=O) groups excluding carboxylic acids is 1. The van der Waals surface area contributed by atoms with Crippen molar-refractivity contribution in [3.63, 3.8) is 0 Å². The number of hydrogen-bond acceptors (Lipinski definition) is 2. The Morgan fingerprint density at radius 1 is 1.62 bits per heavy atom. The lowest BCUT2D eigenvalue weighted by atomic mass is 10.3. The maximum Gasteiger partial charge on any atom is 0.251 e. The molecule has 2 heterocycles. The van der Waals surface area contributed by atoms with Crippen molar-refractivity contribution in [1.82, 2.24) is 14.8 Å². The molecule has 0 saturated carbocycles. The minimum absolute atomic E-state index is 0.398. The van der Waals surface area contributed by atoms with E-state index in [0.29, 0.717) is 5.56 Å². The highest BCUT2D eigenvalue weighted by atomic mass is 16.1. The van der Waals surface area contributed by atoms with Gasteiger partial charge in [0, 0.05) is 12.4 Å². The average Bonchev–Trinajstić information content (AvgIpc) is 2.75. The Balaban J connectivity index is 2.39. The van der Waals surface area contributed by atoms with Crippen LogP contribution in [0, 0.1) is 0 Å². The first kappa shape index (κ1) is 7.60. The molecule has 0 saturated heterocycles. The number of hydrogen-bond donors (Lipinski definition) is 2. The normalized spacial score (nSPS) is 10.2. The van der Waals surface area contributed by atoms with Crippen LogP contribution in [0.25, 0.3) is 5.82 Å². The molecule has 0 unspecified atom stereocenters. The third-order valence-corrected chi connectivity index (χ3v) is 1.70. The molecule has 0 spiro atoms. The van der Waals surface area contributed by atoms with Crippen LogP contribution in [0.4, 0.5) is 0 Å². The zero-order valence-corrected chi connectivity index (χ0v) is 6.77. The maximum absolute atomic E-state index is 10.7. The summed E-state index contributed by atoms with van der Waals surface area (Å²) in [6, 6.07) is 3.69. The van der Waals surface area contributed by atoms with Gasteiger partial charge in [-0.25, -0.2) is 4.68 Å². The summed E-state index contributed by atoms with van der Waals surface area (Å²) in [6.45, 7) is 0. The van der Waals surface area contributed by atoms with Crippen LogP contribution in [-0.2, 0) is 0 Å². The first-order chi connectivity index (χ1) is 6.27. The minimum atomic E-state index is -0.474. The second kappa shape index (κ2) is 2.78. The van der Waals surface area contributed by atoms with Gasteiger partial charge in [-0.05, 0) is 12.1 Å². The number of nitrogens with zero attached hydrogens (tertiary/aromatic N) is 2. The van der Waals surface area contributed by atoms with E-state index >= 15 is 0 Å². The highest BCUT2D eigenvalue weighted by Gasteiger charge is 2.04. The number of carbonyl (C=O) groups is 1. The van der Waals surface area contributed by atoms with Crippen molar-refractivity contribution in [2.75, 3.05) is 0 Å². The van der Waals surface area contributed by atoms with Crippen molar-refractivity contribution >= 4 is 5.91 Å². The summed E-state index contributed by atoms with van der Waals surface area (Å²) < 4.78 is 1.56. The van der Waals surface area contributed by atoms with E-state index in [1.165, 1.54) is 6.20 Å². The minimum Gasteiger partial charge on any atom is -0.366 e. The number of amides is 1. The van der Waals surface area contributed by atoms with Gasteiger partial charge in [0.05, 0.1) is 11.8 Å². The topological polar surface area (TPSA) is 76.7 Å². The molecule has 0 atom stereocenters. The van der Waals surface area contributed by atoms with Gasteiger partial charge < -0.3 is 10.7 Å². The van der Waals surface area contributed by atoms with Crippen molar-refractivity contribution in [3.05, 3.63) is 36.3 Å². The van der Waals surface area contributed by atoms with Crippen molar-refractivity contribution in [2.24, 2.45) is 5.73 Å². The molecule has 2 aromatic rings. The van der Waals surface area contributed by atoms with E-state index in [4.69, 9.17) is 5.73 Å². The van der Waals surface area contributed by atoms with Crippen LogP contribution in [0.5, 0.6) is 0 Å². The summed E-state index contributed by atoms with van der Waals surface area (Å²) in [5, 5.41) is 3.96. The second-order valence-electron chi connectivity index (χ2n) is 2.59. The number of rotatable bonds is 2. The van der Waals surface area contributed by atoms with Crippen molar-refractivity contribution in [3.8, 4) is 5.82 Å². The second-order valence-corrected chi connectivity index (χ2v) is 2.59. The van der Waals surface area contributed by atoms with E-state index in [9.17, 15) is 4.79 Å². The van der Waals surface area contributed by atoms with E-state index in [2.05, 4.69) is 10.1 Å². The summed E-state index contributed by atoms with van der Waals surface area (Å²) in [5.74, 6) is 0.324. The molecule has 0 fully saturated rings. The molecule has 5 heteroatoms. The van der Waals surface area contributed by atoms with E-state index in [0.717, 1.165) is 5.82 Å². The van der Waals surface area contributed by atoms with E-state index < -0.39 is 5.91 Å². The maximum atomic E-state index is 10.7. The zero-order valence-electron chi connectivity index (χ0n) is 6.77. The summed E-state index contributed by atoms with van der Waals surface area (Å²) >= 11 is 0. The van der Waals surface area contributed by atoms with Gasteiger partial charge in [0.2, 0.25) is 0 Å². The molecule has 0 aliphatic carbocycles. The van der Waals surface area contributed by atoms with Gasteiger partial charge in [0.1, 0.15) is 5.82 Å². The lowest BCUT2D eigenvalue weighted by Gasteiger charge is -1.93. The third kappa shape index (κ3) is 1.31. The predicted octanol–water partition coefficient (Wildman–Crippen LogP) is 0.299. The van der Waals surface area contributed by atoms with Gasteiger partial charge in [0.25, 0.3) is 5.91 Å². The fraction of sp³-hybridized carbons (Fsp3) is 0. The van der Waals surface area contributed by atoms with Crippen LogP contribution in [-0.4, -0.2) is 20.7 Å². The monoisotopic (exact) mass is 176 g/mol. The van der Waals surface area contributed by atoms with E-state index in [1.807, 2.05) is 12.1 Å². The molecule has 1 amide bonds. The largest absolute Gasteiger partial charge is 0.366 e.